The van der Waals surface area contributed by atoms with Crippen molar-refractivity contribution in [3.63, 3.8) is 0 Å². The van der Waals surface area contributed by atoms with Crippen LogP contribution in [0.1, 0.15) is 27.6 Å². The van der Waals surface area contributed by atoms with Crippen LogP contribution < -0.4 is 5.32 Å². The number of piperazine rings is 1. The molecule has 3 rings (SSSR count). The number of carbonyl (C=O) groups is 2. The van der Waals surface area contributed by atoms with Crippen LogP contribution in [0.5, 0.6) is 0 Å². The third-order valence-corrected chi connectivity index (χ3v) is 4.58. The number of nitrogens with one attached hydrogen (secondary N) is 1. The third kappa shape index (κ3) is 4.40. The number of rotatable bonds is 5. The molecule has 0 unspecified atom stereocenters. The monoisotopic (exact) mass is 369 g/mol. The molecule has 27 heavy (non-hydrogen) atoms. The molecule has 1 N–H and O–H groups in total. The molecule has 1 aliphatic rings. The van der Waals surface area contributed by atoms with Gasteiger partial charge in [-0.25, -0.2) is 14.8 Å². The second-order valence-electron chi connectivity index (χ2n) is 6.18. The van der Waals surface area contributed by atoms with Gasteiger partial charge in [0.1, 0.15) is 0 Å². The first kappa shape index (κ1) is 18.8. The minimum Gasteiger partial charge on any atom is -0.465 e. The standard InChI is InChI=1S/C19H23N5O3/c1-3-23-8-10-24(11-9-23)17(25)14-12-20-19(21-13-14)22-16-7-5-4-6-15(16)18(26)27-2/h4-7,12-13H,3,8-11H2,1-2H3,(H,20,21,22). The van der Waals surface area contributed by atoms with E-state index in [2.05, 4.69) is 27.1 Å². The van der Waals surface area contributed by atoms with Crippen molar-refractivity contribution < 1.29 is 14.3 Å². The lowest BCUT2D eigenvalue weighted by Gasteiger charge is -2.33. The van der Waals surface area contributed by atoms with Gasteiger partial charge in [0.05, 0.1) is 23.9 Å². The van der Waals surface area contributed by atoms with Gasteiger partial charge in [-0.2, -0.15) is 0 Å². The van der Waals surface area contributed by atoms with Gasteiger partial charge in [-0.05, 0) is 18.7 Å². The highest BCUT2D eigenvalue weighted by Gasteiger charge is 2.22. The number of aromatic nitrogens is 2. The van der Waals surface area contributed by atoms with Gasteiger partial charge in [0, 0.05) is 38.6 Å². The highest BCUT2D eigenvalue weighted by atomic mass is 16.5. The fraction of sp³-hybridized carbons (Fsp3) is 0.368. The molecule has 1 saturated heterocycles. The van der Waals surface area contributed by atoms with Gasteiger partial charge < -0.3 is 19.9 Å². The summed E-state index contributed by atoms with van der Waals surface area (Å²) in [5.74, 6) is -0.206. The number of nitrogens with zero attached hydrogens (tertiary/aromatic N) is 4. The highest BCUT2D eigenvalue weighted by molar-refractivity contribution is 5.96. The molecule has 0 spiro atoms. The molecule has 142 valence electrons. The summed E-state index contributed by atoms with van der Waals surface area (Å²) in [5, 5.41) is 2.99. The van der Waals surface area contributed by atoms with Crippen LogP contribution in [-0.4, -0.2) is 71.5 Å². The molecule has 0 radical (unpaired) electrons. The zero-order valence-corrected chi connectivity index (χ0v) is 15.5. The molecule has 1 aromatic carbocycles. The van der Waals surface area contributed by atoms with Crippen molar-refractivity contribution in [2.75, 3.05) is 45.2 Å². The summed E-state index contributed by atoms with van der Waals surface area (Å²) in [7, 11) is 1.33. The van der Waals surface area contributed by atoms with E-state index in [0.29, 0.717) is 35.9 Å². The van der Waals surface area contributed by atoms with E-state index in [1.54, 1.807) is 24.3 Å². The number of carbonyl (C=O) groups excluding carboxylic acids is 2. The highest BCUT2D eigenvalue weighted by Crippen LogP contribution is 2.19. The van der Waals surface area contributed by atoms with Crippen LogP contribution in [0.4, 0.5) is 11.6 Å². The molecular weight excluding hydrogens is 346 g/mol. The van der Waals surface area contributed by atoms with Gasteiger partial charge in [0.2, 0.25) is 5.95 Å². The average molecular weight is 369 g/mol. The fourth-order valence-electron chi connectivity index (χ4n) is 2.95. The smallest absolute Gasteiger partial charge is 0.339 e. The maximum Gasteiger partial charge on any atom is 0.339 e. The van der Waals surface area contributed by atoms with Gasteiger partial charge in [0.25, 0.3) is 5.91 Å². The number of esters is 1. The number of anilines is 2. The van der Waals surface area contributed by atoms with E-state index >= 15 is 0 Å². The summed E-state index contributed by atoms with van der Waals surface area (Å²) in [6, 6.07) is 6.94. The summed E-state index contributed by atoms with van der Waals surface area (Å²) < 4.78 is 4.77. The maximum absolute atomic E-state index is 12.6. The Bertz CT molecular complexity index is 801. The molecule has 8 heteroatoms. The van der Waals surface area contributed by atoms with E-state index in [9.17, 15) is 9.59 Å². The number of methoxy groups -OCH3 is 1. The van der Waals surface area contributed by atoms with E-state index in [0.717, 1.165) is 19.6 Å². The quantitative estimate of drug-likeness (QED) is 0.804. The van der Waals surface area contributed by atoms with Gasteiger partial charge in [-0.1, -0.05) is 19.1 Å². The lowest BCUT2D eigenvalue weighted by molar-refractivity contribution is 0.0600. The Labute approximate surface area is 158 Å². The Kier molecular flexibility index (Phi) is 5.97. The Morgan fingerprint density at radius 2 is 1.78 bits per heavy atom. The first-order chi connectivity index (χ1) is 13.1. The summed E-state index contributed by atoms with van der Waals surface area (Å²) in [6.07, 6.45) is 3.01. The van der Waals surface area contributed by atoms with Gasteiger partial charge in [0.15, 0.2) is 0 Å². The lowest BCUT2D eigenvalue weighted by Crippen LogP contribution is -2.48. The molecule has 1 aromatic heterocycles. The Morgan fingerprint density at radius 3 is 2.41 bits per heavy atom. The summed E-state index contributed by atoms with van der Waals surface area (Å²) in [5.41, 5.74) is 1.38. The normalized spacial score (nSPS) is 14.7. The molecular formula is C19H23N5O3. The van der Waals surface area contributed by atoms with Crippen LogP contribution in [-0.2, 0) is 4.74 Å². The van der Waals surface area contributed by atoms with Crippen molar-refractivity contribution in [1.29, 1.82) is 0 Å². The number of ether oxygens (including phenoxy) is 1. The van der Waals surface area contributed by atoms with Crippen LogP contribution in [0, 0.1) is 0 Å². The van der Waals surface area contributed by atoms with Crippen LogP contribution in [0.3, 0.4) is 0 Å². The van der Waals surface area contributed by atoms with E-state index in [1.165, 1.54) is 19.5 Å². The summed E-state index contributed by atoms with van der Waals surface area (Å²) >= 11 is 0. The van der Waals surface area contributed by atoms with E-state index < -0.39 is 5.97 Å². The minimum absolute atomic E-state index is 0.0627. The molecule has 1 fully saturated rings. The SMILES string of the molecule is CCN1CCN(C(=O)c2cnc(Nc3ccccc3C(=O)OC)nc2)CC1. The first-order valence-corrected chi connectivity index (χ1v) is 8.90. The van der Waals surface area contributed by atoms with Gasteiger partial charge in [-0.3, -0.25) is 4.79 Å². The van der Waals surface area contributed by atoms with Crippen molar-refractivity contribution in [3.05, 3.63) is 47.8 Å². The number of likely N-dealkylation sites (N-methyl/N-ethyl adjacent to an activating group) is 1. The van der Waals surface area contributed by atoms with Crippen LogP contribution in [0.25, 0.3) is 0 Å². The number of hydrogen-bond acceptors (Lipinski definition) is 7. The Hall–Kier alpha value is -3.00. The van der Waals surface area contributed by atoms with Crippen molar-refractivity contribution in [1.82, 2.24) is 19.8 Å². The van der Waals surface area contributed by atoms with E-state index in [4.69, 9.17) is 4.74 Å². The third-order valence-electron chi connectivity index (χ3n) is 4.58. The molecule has 0 bridgehead atoms. The molecule has 0 aliphatic carbocycles. The molecule has 2 aromatic rings. The van der Waals surface area contributed by atoms with Gasteiger partial charge >= 0.3 is 5.97 Å². The van der Waals surface area contributed by atoms with Crippen molar-refractivity contribution >= 4 is 23.5 Å². The fourth-order valence-corrected chi connectivity index (χ4v) is 2.95. The van der Waals surface area contributed by atoms with Crippen LogP contribution in [0.15, 0.2) is 36.7 Å². The average Bonchev–Trinajstić information content (AvgIpc) is 2.73. The molecule has 1 aliphatic heterocycles. The lowest BCUT2D eigenvalue weighted by atomic mass is 10.2. The zero-order valence-electron chi connectivity index (χ0n) is 15.5. The van der Waals surface area contributed by atoms with E-state index in [-0.39, 0.29) is 5.91 Å². The summed E-state index contributed by atoms with van der Waals surface area (Å²) in [6.45, 7) is 6.30. The number of para-hydroxylation sites is 1. The molecule has 0 saturated carbocycles. The molecule has 8 nitrogen and oxygen atoms in total. The summed E-state index contributed by atoms with van der Waals surface area (Å²) in [4.78, 5) is 37.0. The molecule has 0 atom stereocenters. The first-order valence-electron chi connectivity index (χ1n) is 8.90. The van der Waals surface area contributed by atoms with E-state index in [1.807, 2.05) is 4.90 Å². The number of amides is 1. The van der Waals surface area contributed by atoms with Crippen molar-refractivity contribution in [2.45, 2.75) is 6.92 Å². The molecule has 2 heterocycles. The second kappa shape index (κ2) is 8.59. The Balaban J connectivity index is 1.68. The topological polar surface area (TPSA) is 87.7 Å². The van der Waals surface area contributed by atoms with Crippen molar-refractivity contribution in [2.24, 2.45) is 0 Å². The maximum atomic E-state index is 12.6. The van der Waals surface area contributed by atoms with Gasteiger partial charge in [-0.15, -0.1) is 0 Å². The number of benzene rings is 1. The minimum atomic E-state index is -0.448. The van der Waals surface area contributed by atoms with Crippen LogP contribution >= 0.6 is 0 Å². The largest absolute Gasteiger partial charge is 0.465 e. The predicted molar refractivity (Wildman–Crippen MR) is 101 cm³/mol. The zero-order chi connectivity index (χ0) is 19.2. The Morgan fingerprint density at radius 1 is 1.11 bits per heavy atom. The van der Waals surface area contributed by atoms with Crippen LogP contribution in [0.2, 0.25) is 0 Å². The predicted octanol–water partition coefficient (Wildman–Crippen LogP) is 1.78. The van der Waals surface area contributed by atoms with Crippen molar-refractivity contribution in [3.8, 4) is 0 Å². The second-order valence-corrected chi connectivity index (χ2v) is 6.18. The molecule has 1 amide bonds. The number of hydrogen-bond donors (Lipinski definition) is 1.